The van der Waals surface area contributed by atoms with Crippen LogP contribution in [0.1, 0.15) is 51.9 Å². The van der Waals surface area contributed by atoms with Crippen LogP contribution in [-0.4, -0.2) is 60.1 Å². The number of likely N-dealkylation sites (tertiary alicyclic amines) is 2. The Bertz CT molecular complexity index is 312. The molecule has 116 valence electrons. The van der Waals surface area contributed by atoms with Crippen LogP contribution in [0.2, 0.25) is 0 Å². The molecule has 2 saturated heterocycles. The molecular weight excluding hydrogens is 252 g/mol. The van der Waals surface area contributed by atoms with Crippen molar-refractivity contribution in [2.45, 2.75) is 51.9 Å². The Morgan fingerprint density at radius 2 is 1.95 bits per heavy atom. The molecule has 0 aromatic heterocycles. The summed E-state index contributed by atoms with van der Waals surface area (Å²) in [6.45, 7) is 7.29. The molecule has 0 spiro atoms. The van der Waals surface area contributed by atoms with Gasteiger partial charge in [0.05, 0.1) is 0 Å². The van der Waals surface area contributed by atoms with Crippen LogP contribution in [0.5, 0.6) is 0 Å². The second-order valence-corrected chi connectivity index (χ2v) is 6.63. The first-order valence-corrected chi connectivity index (χ1v) is 8.30. The fourth-order valence-electron chi connectivity index (χ4n) is 3.82. The Morgan fingerprint density at radius 1 is 1.20 bits per heavy atom. The van der Waals surface area contributed by atoms with Crippen molar-refractivity contribution < 1.29 is 9.90 Å². The summed E-state index contributed by atoms with van der Waals surface area (Å²) in [6, 6.07) is 0. The molecule has 0 aromatic carbocycles. The molecule has 0 radical (unpaired) electrons. The molecular formula is C16H30N2O2. The van der Waals surface area contributed by atoms with Crippen molar-refractivity contribution in [2.75, 3.05) is 39.3 Å². The third-order valence-corrected chi connectivity index (χ3v) is 4.96. The van der Waals surface area contributed by atoms with Crippen LogP contribution in [0.4, 0.5) is 0 Å². The monoisotopic (exact) mass is 282 g/mol. The van der Waals surface area contributed by atoms with Crippen molar-refractivity contribution >= 4 is 5.91 Å². The molecule has 4 heteroatoms. The summed E-state index contributed by atoms with van der Waals surface area (Å²) in [6.07, 6.45) is 7.49. The second-order valence-electron chi connectivity index (χ2n) is 6.63. The van der Waals surface area contributed by atoms with E-state index in [9.17, 15) is 9.90 Å². The Balaban J connectivity index is 1.78. The highest BCUT2D eigenvalue weighted by atomic mass is 16.3. The summed E-state index contributed by atoms with van der Waals surface area (Å²) in [7, 11) is 0. The smallest absolute Gasteiger partial charge is 0.223 e. The van der Waals surface area contributed by atoms with Crippen LogP contribution in [-0.2, 0) is 4.79 Å². The van der Waals surface area contributed by atoms with Gasteiger partial charge in [-0.25, -0.2) is 0 Å². The zero-order chi connectivity index (χ0) is 14.4. The van der Waals surface area contributed by atoms with Gasteiger partial charge in [0, 0.05) is 44.6 Å². The molecule has 20 heavy (non-hydrogen) atoms. The van der Waals surface area contributed by atoms with Crippen LogP contribution >= 0.6 is 0 Å². The molecule has 0 aliphatic carbocycles. The summed E-state index contributed by atoms with van der Waals surface area (Å²) in [5.41, 5.74) is 0.0870. The molecule has 2 heterocycles. The number of piperidine rings is 1. The zero-order valence-corrected chi connectivity index (χ0v) is 12.9. The lowest BCUT2D eigenvalue weighted by Gasteiger charge is -2.42. The van der Waals surface area contributed by atoms with Crippen LogP contribution in [0.25, 0.3) is 0 Å². The van der Waals surface area contributed by atoms with Crippen molar-refractivity contribution in [2.24, 2.45) is 5.41 Å². The lowest BCUT2D eigenvalue weighted by Crippen LogP contribution is -2.46. The summed E-state index contributed by atoms with van der Waals surface area (Å²) < 4.78 is 0. The van der Waals surface area contributed by atoms with E-state index in [4.69, 9.17) is 0 Å². The molecule has 1 atom stereocenters. The van der Waals surface area contributed by atoms with Crippen molar-refractivity contribution in [1.82, 2.24) is 9.80 Å². The van der Waals surface area contributed by atoms with Gasteiger partial charge in [-0.1, -0.05) is 13.3 Å². The van der Waals surface area contributed by atoms with E-state index in [0.717, 1.165) is 58.4 Å². The molecule has 0 bridgehead atoms. The SMILES string of the molecule is CCC[C@]1(CO)CCCN(CCC(=O)N2CCCC2)C1. The largest absolute Gasteiger partial charge is 0.396 e. The molecule has 4 nitrogen and oxygen atoms in total. The third kappa shape index (κ3) is 3.95. The van der Waals surface area contributed by atoms with E-state index in [-0.39, 0.29) is 12.0 Å². The first kappa shape index (κ1) is 15.8. The highest BCUT2D eigenvalue weighted by molar-refractivity contribution is 5.76. The third-order valence-electron chi connectivity index (χ3n) is 4.96. The number of aliphatic hydroxyl groups is 1. The van der Waals surface area contributed by atoms with Crippen LogP contribution in [0.15, 0.2) is 0 Å². The molecule has 2 aliphatic rings. The summed E-state index contributed by atoms with van der Waals surface area (Å²) in [5, 5.41) is 9.74. The first-order chi connectivity index (χ1) is 9.69. The van der Waals surface area contributed by atoms with E-state index in [2.05, 4.69) is 11.8 Å². The van der Waals surface area contributed by atoms with Gasteiger partial charge < -0.3 is 14.9 Å². The highest BCUT2D eigenvalue weighted by Gasteiger charge is 2.34. The second kappa shape index (κ2) is 7.41. The molecule has 0 aromatic rings. The number of carbonyl (C=O) groups excluding carboxylic acids is 1. The minimum absolute atomic E-state index is 0.0870. The predicted octanol–water partition coefficient (Wildman–Crippen LogP) is 1.87. The van der Waals surface area contributed by atoms with Crippen LogP contribution in [0.3, 0.4) is 0 Å². The number of amides is 1. The van der Waals surface area contributed by atoms with Gasteiger partial charge >= 0.3 is 0 Å². The van der Waals surface area contributed by atoms with E-state index < -0.39 is 0 Å². The number of nitrogens with zero attached hydrogens (tertiary/aromatic N) is 2. The van der Waals surface area contributed by atoms with E-state index in [1.54, 1.807) is 0 Å². The topological polar surface area (TPSA) is 43.8 Å². The van der Waals surface area contributed by atoms with Crippen molar-refractivity contribution in [3.63, 3.8) is 0 Å². The molecule has 2 fully saturated rings. The minimum Gasteiger partial charge on any atom is -0.396 e. The number of aliphatic hydroxyl groups excluding tert-OH is 1. The Morgan fingerprint density at radius 3 is 2.60 bits per heavy atom. The number of hydrogen-bond donors (Lipinski definition) is 1. The lowest BCUT2D eigenvalue weighted by molar-refractivity contribution is -0.130. The maximum atomic E-state index is 12.1. The molecule has 1 amide bonds. The van der Waals surface area contributed by atoms with Crippen molar-refractivity contribution in [1.29, 1.82) is 0 Å². The Labute approximate surface area is 123 Å². The van der Waals surface area contributed by atoms with E-state index in [0.29, 0.717) is 12.3 Å². The van der Waals surface area contributed by atoms with E-state index in [1.807, 2.05) is 4.90 Å². The predicted molar refractivity (Wildman–Crippen MR) is 80.5 cm³/mol. The quantitative estimate of drug-likeness (QED) is 0.809. The molecule has 2 aliphatic heterocycles. The fraction of sp³-hybridized carbons (Fsp3) is 0.938. The van der Waals surface area contributed by atoms with Gasteiger partial charge in [0.1, 0.15) is 0 Å². The average Bonchev–Trinajstić information content (AvgIpc) is 3.00. The number of carbonyl (C=O) groups is 1. The molecule has 0 unspecified atom stereocenters. The average molecular weight is 282 g/mol. The first-order valence-electron chi connectivity index (χ1n) is 8.30. The normalized spacial score (nSPS) is 28.0. The van der Waals surface area contributed by atoms with Gasteiger partial charge in [-0.15, -0.1) is 0 Å². The Hall–Kier alpha value is -0.610. The summed E-state index contributed by atoms with van der Waals surface area (Å²) in [5.74, 6) is 0.318. The van der Waals surface area contributed by atoms with Gasteiger partial charge in [-0.05, 0) is 38.6 Å². The molecule has 0 saturated carbocycles. The number of rotatable bonds is 6. The highest BCUT2D eigenvalue weighted by Crippen LogP contribution is 2.34. The van der Waals surface area contributed by atoms with E-state index >= 15 is 0 Å². The van der Waals surface area contributed by atoms with Gasteiger partial charge in [-0.2, -0.15) is 0 Å². The molecule has 2 rings (SSSR count). The maximum Gasteiger partial charge on any atom is 0.223 e. The Kier molecular flexibility index (Phi) is 5.85. The van der Waals surface area contributed by atoms with Crippen molar-refractivity contribution in [3.05, 3.63) is 0 Å². The summed E-state index contributed by atoms with van der Waals surface area (Å²) in [4.78, 5) is 16.5. The minimum atomic E-state index is 0.0870. The maximum absolute atomic E-state index is 12.1. The van der Waals surface area contributed by atoms with Crippen LogP contribution in [0, 0.1) is 5.41 Å². The van der Waals surface area contributed by atoms with Gasteiger partial charge in [-0.3, -0.25) is 4.79 Å². The zero-order valence-electron chi connectivity index (χ0n) is 12.9. The number of hydrogen-bond acceptors (Lipinski definition) is 3. The van der Waals surface area contributed by atoms with Crippen molar-refractivity contribution in [3.8, 4) is 0 Å². The summed E-state index contributed by atoms with van der Waals surface area (Å²) >= 11 is 0. The standard InChI is InChI=1S/C16H30N2O2/c1-2-7-16(14-19)8-5-9-17(13-16)12-6-15(20)18-10-3-4-11-18/h19H,2-14H2,1H3/t16-/m0/s1. The van der Waals surface area contributed by atoms with Gasteiger partial charge in [0.25, 0.3) is 0 Å². The van der Waals surface area contributed by atoms with Gasteiger partial charge in [0.15, 0.2) is 0 Å². The fourth-order valence-corrected chi connectivity index (χ4v) is 3.82. The van der Waals surface area contributed by atoms with E-state index in [1.165, 1.54) is 12.8 Å². The van der Waals surface area contributed by atoms with Crippen LogP contribution < -0.4 is 0 Å². The van der Waals surface area contributed by atoms with Gasteiger partial charge in [0.2, 0.25) is 5.91 Å². The molecule has 1 N–H and O–H groups in total. The lowest BCUT2D eigenvalue weighted by atomic mass is 9.77.